The van der Waals surface area contributed by atoms with Crippen molar-refractivity contribution < 1.29 is 9.46 Å². The normalized spacial score (nSPS) is 14.6. The van der Waals surface area contributed by atoms with Gasteiger partial charge in [0.05, 0.1) is 10.0 Å². The first kappa shape index (κ1) is 14.0. The Morgan fingerprint density at radius 3 is 2.50 bits per heavy atom. The van der Waals surface area contributed by atoms with Crippen LogP contribution >= 0.6 is 42.5 Å². The van der Waals surface area contributed by atoms with Gasteiger partial charge in [-0.15, -0.1) is 0 Å². The van der Waals surface area contributed by atoms with Gasteiger partial charge in [0.25, 0.3) is 0 Å². The number of halogens is 3. The summed E-state index contributed by atoms with van der Waals surface area (Å²) in [6, 6.07) is 1.36. The maximum absolute atomic E-state index is 11.6. The monoisotopic (exact) mass is 303 g/mol. The van der Waals surface area contributed by atoms with E-state index in [1.54, 1.807) is 0 Å². The first-order valence-electron chi connectivity index (χ1n) is 4.07. The highest BCUT2D eigenvalue weighted by Crippen LogP contribution is 2.44. The van der Waals surface area contributed by atoms with Crippen LogP contribution in [0, 0.1) is 0 Å². The molecule has 1 rings (SSSR count). The highest BCUT2D eigenvalue weighted by Gasteiger charge is 2.26. The quantitative estimate of drug-likeness (QED) is 0.664. The van der Waals surface area contributed by atoms with Crippen LogP contribution in [0.15, 0.2) is 6.07 Å². The Balaban J connectivity index is 3.24. The Morgan fingerprint density at radius 1 is 1.44 bits per heavy atom. The SMILES string of the molecule is CNP(=O)(O)N(C)c1nc(Cl)c(Cl)cc1Cl. The van der Waals surface area contributed by atoms with Crippen molar-refractivity contribution in [1.29, 1.82) is 0 Å². The summed E-state index contributed by atoms with van der Waals surface area (Å²) in [7, 11) is -0.993. The van der Waals surface area contributed by atoms with Gasteiger partial charge in [-0.2, -0.15) is 0 Å². The number of pyridine rings is 1. The van der Waals surface area contributed by atoms with E-state index in [9.17, 15) is 9.46 Å². The molecule has 0 radical (unpaired) electrons. The van der Waals surface area contributed by atoms with Crippen LogP contribution < -0.4 is 9.76 Å². The molecule has 0 saturated carbocycles. The van der Waals surface area contributed by atoms with Gasteiger partial charge < -0.3 is 4.89 Å². The summed E-state index contributed by atoms with van der Waals surface area (Å²) in [6.07, 6.45) is 0. The predicted octanol–water partition coefficient (Wildman–Crippen LogP) is 2.80. The molecular weight excluding hydrogens is 295 g/mol. The second-order valence-corrected chi connectivity index (χ2v) is 6.17. The van der Waals surface area contributed by atoms with Crippen molar-refractivity contribution in [2.45, 2.75) is 0 Å². The van der Waals surface area contributed by atoms with Crippen LogP contribution in [0.25, 0.3) is 0 Å². The minimum Gasteiger partial charge on any atom is -0.317 e. The van der Waals surface area contributed by atoms with Crippen molar-refractivity contribution in [3.8, 4) is 0 Å². The Bertz CT molecular complexity index is 457. The van der Waals surface area contributed by atoms with Gasteiger partial charge in [-0.1, -0.05) is 34.8 Å². The van der Waals surface area contributed by atoms with Crippen LogP contribution in [0.4, 0.5) is 5.82 Å². The summed E-state index contributed by atoms with van der Waals surface area (Å²) in [5.74, 6) is 0.0799. The van der Waals surface area contributed by atoms with Crippen LogP contribution in [0.3, 0.4) is 0 Å². The lowest BCUT2D eigenvalue weighted by Crippen LogP contribution is -2.22. The molecule has 1 heterocycles. The number of aromatic nitrogens is 1. The van der Waals surface area contributed by atoms with E-state index in [1.165, 1.54) is 20.2 Å². The standard InChI is InChI=1S/C7H9Cl3N3O2P/c1-11-16(14,15)13(2)7-5(9)3-4(8)6(10)12-7/h3H,1-2H3,(H2,11,14,15). The van der Waals surface area contributed by atoms with Crippen molar-refractivity contribution in [2.24, 2.45) is 0 Å². The molecule has 0 bridgehead atoms. The van der Waals surface area contributed by atoms with Crippen molar-refractivity contribution in [1.82, 2.24) is 10.1 Å². The molecule has 0 spiro atoms. The third-order valence-electron chi connectivity index (χ3n) is 1.87. The van der Waals surface area contributed by atoms with Crippen LogP contribution in [0.5, 0.6) is 0 Å². The first-order valence-corrected chi connectivity index (χ1v) is 6.81. The van der Waals surface area contributed by atoms with Gasteiger partial charge in [-0.3, -0.25) is 4.67 Å². The molecule has 16 heavy (non-hydrogen) atoms. The highest BCUT2D eigenvalue weighted by atomic mass is 35.5. The minimum atomic E-state index is -3.71. The molecule has 90 valence electrons. The molecule has 0 aliphatic rings. The molecule has 0 aliphatic carbocycles. The Morgan fingerprint density at radius 2 is 2.00 bits per heavy atom. The molecule has 0 amide bonds. The molecule has 1 aromatic heterocycles. The lowest BCUT2D eigenvalue weighted by atomic mass is 10.4. The van der Waals surface area contributed by atoms with Gasteiger partial charge in [0.1, 0.15) is 5.15 Å². The maximum Gasteiger partial charge on any atom is 0.366 e. The zero-order valence-corrected chi connectivity index (χ0v) is 11.6. The van der Waals surface area contributed by atoms with Crippen LogP contribution in [-0.4, -0.2) is 24.0 Å². The zero-order valence-electron chi connectivity index (χ0n) is 8.41. The minimum absolute atomic E-state index is 0.0176. The third-order valence-corrected chi connectivity index (χ3v) is 4.41. The van der Waals surface area contributed by atoms with Crippen molar-refractivity contribution in [2.75, 3.05) is 18.8 Å². The molecule has 0 fully saturated rings. The van der Waals surface area contributed by atoms with Gasteiger partial charge in [-0.25, -0.2) is 14.6 Å². The summed E-state index contributed by atoms with van der Waals surface area (Å²) >= 11 is 17.2. The van der Waals surface area contributed by atoms with Crippen LogP contribution in [-0.2, 0) is 4.57 Å². The molecule has 1 atom stereocenters. The zero-order chi connectivity index (χ0) is 12.5. The summed E-state index contributed by atoms with van der Waals surface area (Å²) in [5.41, 5.74) is 0. The number of hydrogen-bond donors (Lipinski definition) is 2. The van der Waals surface area contributed by atoms with Gasteiger partial charge in [0.15, 0.2) is 5.82 Å². The van der Waals surface area contributed by atoms with E-state index in [1.807, 2.05) is 0 Å². The van der Waals surface area contributed by atoms with Crippen LogP contribution in [0.1, 0.15) is 0 Å². The van der Waals surface area contributed by atoms with E-state index in [4.69, 9.17) is 34.8 Å². The van der Waals surface area contributed by atoms with E-state index < -0.39 is 7.67 Å². The fourth-order valence-electron chi connectivity index (χ4n) is 0.940. The summed E-state index contributed by atoms with van der Waals surface area (Å²) in [5, 5.41) is 2.60. The molecular formula is C7H9Cl3N3O2P. The highest BCUT2D eigenvalue weighted by molar-refractivity contribution is 7.57. The predicted molar refractivity (Wildman–Crippen MR) is 66.6 cm³/mol. The van der Waals surface area contributed by atoms with E-state index in [2.05, 4.69) is 10.1 Å². The maximum atomic E-state index is 11.6. The smallest absolute Gasteiger partial charge is 0.317 e. The third kappa shape index (κ3) is 2.80. The number of hydrogen-bond acceptors (Lipinski definition) is 2. The topological polar surface area (TPSA) is 65.5 Å². The Labute approximate surface area is 108 Å². The van der Waals surface area contributed by atoms with E-state index in [0.717, 1.165) is 4.67 Å². The molecule has 0 aliphatic heterocycles. The molecule has 0 aromatic carbocycles. The Hall–Kier alpha value is -0.0300. The largest absolute Gasteiger partial charge is 0.366 e. The van der Waals surface area contributed by atoms with E-state index in [0.29, 0.717) is 0 Å². The number of anilines is 1. The summed E-state index contributed by atoms with van der Waals surface area (Å²) in [6.45, 7) is 0. The number of rotatable bonds is 3. The van der Waals surface area contributed by atoms with Crippen LogP contribution in [0.2, 0.25) is 15.2 Å². The van der Waals surface area contributed by atoms with Gasteiger partial charge in [0, 0.05) is 7.05 Å². The van der Waals surface area contributed by atoms with Gasteiger partial charge in [-0.05, 0) is 13.1 Å². The van der Waals surface area contributed by atoms with Gasteiger partial charge >= 0.3 is 7.67 Å². The fourth-order valence-corrected chi connectivity index (χ4v) is 2.33. The molecule has 1 unspecified atom stereocenters. The van der Waals surface area contributed by atoms with Crippen molar-refractivity contribution in [3.63, 3.8) is 0 Å². The molecule has 0 saturated heterocycles. The summed E-state index contributed by atoms with van der Waals surface area (Å²) < 4.78 is 12.6. The van der Waals surface area contributed by atoms with Crippen molar-refractivity contribution in [3.05, 3.63) is 21.3 Å². The second-order valence-electron chi connectivity index (χ2n) is 2.86. The second kappa shape index (κ2) is 5.08. The lowest BCUT2D eigenvalue weighted by molar-refractivity contribution is 0.466. The Kier molecular flexibility index (Phi) is 4.46. The molecule has 5 nitrogen and oxygen atoms in total. The number of nitrogens with zero attached hydrogens (tertiary/aromatic N) is 2. The molecule has 9 heteroatoms. The first-order chi connectivity index (χ1) is 7.29. The van der Waals surface area contributed by atoms with E-state index in [-0.39, 0.29) is 21.0 Å². The van der Waals surface area contributed by atoms with Crippen molar-refractivity contribution >= 4 is 48.3 Å². The van der Waals surface area contributed by atoms with Gasteiger partial charge in [0.2, 0.25) is 0 Å². The average Bonchev–Trinajstić information content (AvgIpc) is 2.22. The fraction of sp³-hybridized carbons (Fsp3) is 0.286. The lowest BCUT2D eigenvalue weighted by Gasteiger charge is -2.24. The molecule has 2 N–H and O–H groups in total. The number of nitrogens with one attached hydrogen (secondary N) is 1. The summed E-state index contributed by atoms with van der Waals surface area (Å²) in [4.78, 5) is 13.4. The van der Waals surface area contributed by atoms with E-state index >= 15 is 0 Å². The molecule has 1 aromatic rings. The average molecular weight is 305 g/mol.